The molecule has 0 aliphatic carbocycles. The number of amides is 2. The van der Waals surface area contributed by atoms with Gasteiger partial charge in [-0.15, -0.1) is 0 Å². The van der Waals surface area contributed by atoms with Gasteiger partial charge in [-0.3, -0.25) is 9.69 Å². The number of alkyl halides is 3. The predicted molar refractivity (Wildman–Crippen MR) is 114 cm³/mol. The highest BCUT2D eigenvalue weighted by atomic mass is 19.4. The van der Waals surface area contributed by atoms with Crippen LogP contribution in [-0.4, -0.2) is 87.5 Å². The van der Waals surface area contributed by atoms with E-state index < -0.39 is 29.4 Å². The number of carbonyl (C=O) groups is 2. The summed E-state index contributed by atoms with van der Waals surface area (Å²) in [6.45, 7) is 8.20. The Labute approximate surface area is 190 Å². The van der Waals surface area contributed by atoms with Crippen LogP contribution in [0.1, 0.15) is 39.7 Å². The van der Waals surface area contributed by atoms with Crippen molar-refractivity contribution in [1.82, 2.24) is 19.8 Å². The zero-order valence-electron chi connectivity index (χ0n) is 19.0. The summed E-state index contributed by atoms with van der Waals surface area (Å²) in [5, 5.41) is 13.3. The smallest absolute Gasteiger partial charge is 0.419 e. The molecule has 2 amide bonds. The van der Waals surface area contributed by atoms with Gasteiger partial charge in [0.2, 0.25) is 5.95 Å². The topological polar surface area (TPSA) is 111 Å². The third-order valence-electron chi connectivity index (χ3n) is 5.05. The third kappa shape index (κ3) is 7.19. The molecule has 184 valence electrons. The predicted octanol–water partition coefficient (Wildman–Crippen LogP) is 2.70. The maximum absolute atomic E-state index is 12.6. The molecule has 0 bridgehead atoms. The van der Waals surface area contributed by atoms with Crippen molar-refractivity contribution < 1.29 is 32.7 Å². The minimum Gasteiger partial charge on any atom is -0.465 e. The first kappa shape index (κ1) is 26.1. The summed E-state index contributed by atoms with van der Waals surface area (Å²) in [4.78, 5) is 41.1. The van der Waals surface area contributed by atoms with Crippen LogP contribution in [0.3, 0.4) is 0 Å². The number of rotatable bonds is 7. The van der Waals surface area contributed by atoms with Crippen molar-refractivity contribution >= 4 is 24.2 Å². The molecule has 1 aliphatic rings. The second-order valence-corrected chi connectivity index (χ2v) is 8.46. The van der Waals surface area contributed by atoms with Crippen molar-refractivity contribution in [3.05, 3.63) is 18.0 Å². The molecule has 1 unspecified atom stereocenters. The quantitative estimate of drug-likeness (QED) is 0.478. The Bertz CT molecular complexity index is 834. The SMILES string of the molecule is CCC(C=NOCC(=O)N1CCN(c2ncc(C(F)(F)F)cn2)CC1)N(C(=O)O)C(C)(C)C. The Kier molecular flexibility index (Phi) is 8.45. The third-order valence-corrected chi connectivity index (χ3v) is 5.05. The van der Waals surface area contributed by atoms with Crippen LogP contribution in [0.15, 0.2) is 17.5 Å². The molecule has 1 aliphatic heterocycles. The molecule has 2 rings (SSSR count). The number of piperazine rings is 1. The van der Waals surface area contributed by atoms with Crippen molar-refractivity contribution in [1.29, 1.82) is 0 Å². The Morgan fingerprint density at radius 1 is 1.21 bits per heavy atom. The van der Waals surface area contributed by atoms with Gasteiger partial charge in [-0.2, -0.15) is 13.2 Å². The monoisotopic (exact) mass is 474 g/mol. The Morgan fingerprint density at radius 2 is 1.79 bits per heavy atom. The minimum atomic E-state index is -4.50. The number of aromatic nitrogens is 2. The van der Waals surface area contributed by atoms with E-state index in [2.05, 4.69) is 15.1 Å². The van der Waals surface area contributed by atoms with Crippen molar-refractivity contribution in [3.8, 4) is 0 Å². The molecule has 0 aromatic carbocycles. The van der Waals surface area contributed by atoms with E-state index in [0.717, 1.165) is 12.4 Å². The molecule has 1 N–H and O–H groups in total. The van der Waals surface area contributed by atoms with Crippen molar-refractivity contribution in [2.75, 3.05) is 37.7 Å². The van der Waals surface area contributed by atoms with Crippen LogP contribution >= 0.6 is 0 Å². The fraction of sp³-hybridized carbons (Fsp3) is 0.650. The lowest BCUT2D eigenvalue weighted by Gasteiger charge is -2.37. The van der Waals surface area contributed by atoms with Crippen LogP contribution in [0.4, 0.5) is 23.9 Å². The average molecular weight is 474 g/mol. The Hall–Kier alpha value is -3.12. The van der Waals surface area contributed by atoms with Crippen LogP contribution in [-0.2, 0) is 15.8 Å². The van der Waals surface area contributed by atoms with Crippen molar-refractivity contribution in [3.63, 3.8) is 0 Å². The Morgan fingerprint density at radius 3 is 2.24 bits per heavy atom. The molecule has 2 heterocycles. The summed E-state index contributed by atoms with van der Waals surface area (Å²) < 4.78 is 37.9. The Balaban J connectivity index is 1.83. The van der Waals surface area contributed by atoms with Crippen LogP contribution in [0, 0.1) is 0 Å². The lowest BCUT2D eigenvalue weighted by atomic mass is 10.0. The van der Waals surface area contributed by atoms with Crippen molar-refractivity contribution in [2.24, 2.45) is 5.16 Å². The highest BCUT2D eigenvalue weighted by Gasteiger charge is 2.33. The maximum atomic E-state index is 12.6. The van der Waals surface area contributed by atoms with Crippen LogP contribution in [0.25, 0.3) is 0 Å². The first-order valence-corrected chi connectivity index (χ1v) is 10.4. The zero-order valence-corrected chi connectivity index (χ0v) is 19.0. The molecule has 1 atom stereocenters. The van der Waals surface area contributed by atoms with Gasteiger partial charge in [0, 0.05) is 44.1 Å². The molecule has 1 fully saturated rings. The number of nitrogens with zero attached hydrogens (tertiary/aromatic N) is 6. The molecule has 0 spiro atoms. The number of carbonyl (C=O) groups excluding carboxylic acids is 1. The number of hydrogen-bond donors (Lipinski definition) is 1. The molecule has 1 saturated heterocycles. The molecule has 1 aromatic rings. The van der Waals surface area contributed by atoms with Gasteiger partial charge >= 0.3 is 12.3 Å². The molecule has 33 heavy (non-hydrogen) atoms. The van der Waals surface area contributed by atoms with E-state index >= 15 is 0 Å². The maximum Gasteiger partial charge on any atom is 0.419 e. The largest absolute Gasteiger partial charge is 0.465 e. The molecular weight excluding hydrogens is 445 g/mol. The fourth-order valence-electron chi connectivity index (χ4n) is 3.36. The number of hydrogen-bond acceptors (Lipinski definition) is 7. The summed E-state index contributed by atoms with van der Waals surface area (Å²) in [5.74, 6) is -0.137. The van der Waals surface area contributed by atoms with Gasteiger partial charge in [-0.05, 0) is 27.2 Å². The van der Waals surface area contributed by atoms with Crippen LogP contribution in [0.2, 0.25) is 0 Å². The minimum absolute atomic E-state index is 0.170. The highest BCUT2D eigenvalue weighted by Crippen LogP contribution is 2.28. The van der Waals surface area contributed by atoms with E-state index in [1.165, 1.54) is 11.1 Å². The van der Waals surface area contributed by atoms with Gasteiger partial charge < -0.3 is 19.7 Å². The van der Waals surface area contributed by atoms with E-state index in [1.54, 1.807) is 30.6 Å². The highest BCUT2D eigenvalue weighted by molar-refractivity contribution is 5.78. The molecule has 0 radical (unpaired) electrons. The van der Waals surface area contributed by atoms with Gasteiger partial charge in [0.15, 0.2) is 6.61 Å². The summed E-state index contributed by atoms with van der Waals surface area (Å²) in [5.41, 5.74) is -1.55. The van der Waals surface area contributed by atoms with Gasteiger partial charge in [-0.1, -0.05) is 12.1 Å². The lowest BCUT2D eigenvalue weighted by molar-refractivity contribution is -0.138. The van der Waals surface area contributed by atoms with E-state index in [9.17, 15) is 27.9 Å². The van der Waals surface area contributed by atoms with E-state index in [0.29, 0.717) is 32.6 Å². The molecule has 0 saturated carbocycles. The van der Waals surface area contributed by atoms with E-state index in [1.807, 2.05) is 6.92 Å². The number of oxime groups is 1. The van der Waals surface area contributed by atoms with Crippen LogP contribution in [0.5, 0.6) is 0 Å². The summed E-state index contributed by atoms with van der Waals surface area (Å²) >= 11 is 0. The number of carboxylic acid groups (broad SMARTS) is 1. The second kappa shape index (κ2) is 10.7. The number of anilines is 1. The second-order valence-electron chi connectivity index (χ2n) is 8.46. The van der Waals surface area contributed by atoms with E-state index in [4.69, 9.17) is 4.84 Å². The molecule has 10 nitrogen and oxygen atoms in total. The van der Waals surface area contributed by atoms with Gasteiger partial charge in [0.25, 0.3) is 5.91 Å². The summed E-state index contributed by atoms with van der Waals surface area (Å²) in [6.07, 6.45) is -2.25. The number of halogens is 3. The van der Waals surface area contributed by atoms with Gasteiger partial charge in [0.05, 0.1) is 17.8 Å². The van der Waals surface area contributed by atoms with Gasteiger partial charge in [0.1, 0.15) is 0 Å². The first-order chi connectivity index (χ1) is 15.3. The normalized spacial score (nSPS) is 16.1. The van der Waals surface area contributed by atoms with Crippen molar-refractivity contribution in [2.45, 2.75) is 51.9 Å². The zero-order chi connectivity index (χ0) is 24.8. The lowest BCUT2D eigenvalue weighted by Crippen LogP contribution is -2.51. The summed E-state index contributed by atoms with van der Waals surface area (Å²) in [6, 6.07) is -0.509. The average Bonchev–Trinajstić information content (AvgIpc) is 2.74. The molecule has 13 heteroatoms. The fourth-order valence-corrected chi connectivity index (χ4v) is 3.36. The van der Waals surface area contributed by atoms with E-state index in [-0.39, 0.29) is 18.5 Å². The molecular formula is C20H29F3N6O4. The standard InChI is InChI=1S/C20H29F3N6O4/c1-5-15(29(18(31)32)19(2,3)4)12-26-33-13-16(30)27-6-8-28(9-7-27)17-24-10-14(11-25-17)20(21,22)23/h10-12,15H,5-9,13H2,1-4H3,(H,31,32). The summed E-state index contributed by atoms with van der Waals surface area (Å²) in [7, 11) is 0. The first-order valence-electron chi connectivity index (χ1n) is 10.4. The van der Waals surface area contributed by atoms with Gasteiger partial charge in [-0.25, -0.2) is 14.8 Å². The molecule has 1 aromatic heterocycles. The van der Waals surface area contributed by atoms with Crippen LogP contribution < -0.4 is 4.90 Å².